The summed E-state index contributed by atoms with van der Waals surface area (Å²) in [5.41, 5.74) is 3.98. The number of amides is 2. The summed E-state index contributed by atoms with van der Waals surface area (Å²) in [6.45, 7) is 0. The average Bonchev–Trinajstić information content (AvgIpc) is 2.98. The Morgan fingerprint density at radius 3 is 2.61 bits per heavy atom. The van der Waals surface area contributed by atoms with Crippen molar-refractivity contribution < 1.29 is 14.0 Å². The van der Waals surface area contributed by atoms with Gasteiger partial charge < -0.3 is 16.0 Å². The molecule has 1 aromatic carbocycles. The SMILES string of the molecule is NC(=O)C1(NC(=O)c2c[nH]c3ccc(F)cc3c2=O)CCCC1. The minimum absolute atomic E-state index is 0.0807. The minimum Gasteiger partial charge on any atom is -0.368 e. The topological polar surface area (TPSA) is 105 Å². The number of hydrogen-bond donors (Lipinski definition) is 3. The van der Waals surface area contributed by atoms with Gasteiger partial charge in [0.2, 0.25) is 11.3 Å². The monoisotopic (exact) mass is 317 g/mol. The van der Waals surface area contributed by atoms with Crippen molar-refractivity contribution >= 4 is 22.7 Å². The van der Waals surface area contributed by atoms with Crippen LogP contribution in [0, 0.1) is 5.82 Å². The van der Waals surface area contributed by atoms with Crippen molar-refractivity contribution in [3.8, 4) is 0 Å². The van der Waals surface area contributed by atoms with Gasteiger partial charge in [-0.1, -0.05) is 12.8 Å². The van der Waals surface area contributed by atoms with Gasteiger partial charge in [-0.15, -0.1) is 0 Å². The molecule has 1 heterocycles. The predicted molar refractivity (Wildman–Crippen MR) is 82.4 cm³/mol. The first kappa shape index (κ1) is 15.2. The average molecular weight is 317 g/mol. The van der Waals surface area contributed by atoms with E-state index in [2.05, 4.69) is 10.3 Å². The van der Waals surface area contributed by atoms with E-state index in [0.717, 1.165) is 18.9 Å². The third-order valence-corrected chi connectivity index (χ3v) is 4.37. The molecule has 7 heteroatoms. The zero-order chi connectivity index (χ0) is 16.6. The standard InChI is InChI=1S/C16H16FN3O3/c17-9-3-4-12-10(7-9)13(21)11(8-19-12)14(22)20-16(15(18)23)5-1-2-6-16/h3-4,7-8H,1-2,5-6H2,(H2,18,23)(H,19,21)(H,20,22). The van der Waals surface area contributed by atoms with Crippen LogP contribution in [0.2, 0.25) is 0 Å². The lowest BCUT2D eigenvalue weighted by molar-refractivity contribution is -0.123. The molecule has 120 valence electrons. The Bertz CT molecular complexity index is 853. The number of carbonyl (C=O) groups is 2. The Balaban J connectivity index is 2.00. The van der Waals surface area contributed by atoms with Crippen molar-refractivity contribution in [1.82, 2.24) is 10.3 Å². The van der Waals surface area contributed by atoms with Crippen LogP contribution in [-0.4, -0.2) is 22.3 Å². The highest BCUT2D eigenvalue weighted by Gasteiger charge is 2.41. The van der Waals surface area contributed by atoms with Crippen LogP contribution in [-0.2, 0) is 4.79 Å². The van der Waals surface area contributed by atoms with Crippen LogP contribution >= 0.6 is 0 Å². The smallest absolute Gasteiger partial charge is 0.257 e. The molecule has 0 saturated heterocycles. The Morgan fingerprint density at radius 2 is 1.96 bits per heavy atom. The summed E-state index contributed by atoms with van der Waals surface area (Å²) in [6, 6.07) is 3.72. The highest BCUT2D eigenvalue weighted by Crippen LogP contribution is 2.29. The molecule has 0 radical (unpaired) electrons. The van der Waals surface area contributed by atoms with Gasteiger partial charge in [0.15, 0.2) is 0 Å². The van der Waals surface area contributed by atoms with Crippen LogP contribution in [0.15, 0.2) is 29.2 Å². The molecule has 0 spiro atoms. The van der Waals surface area contributed by atoms with E-state index < -0.39 is 28.6 Å². The summed E-state index contributed by atoms with van der Waals surface area (Å²) in [4.78, 5) is 39.3. The van der Waals surface area contributed by atoms with Gasteiger partial charge in [-0.25, -0.2) is 4.39 Å². The summed E-state index contributed by atoms with van der Waals surface area (Å²) in [5.74, 6) is -1.85. The van der Waals surface area contributed by atoms with E-state index in [-0.39, 0.29) is 10.9 Å². The Hall–Kier alpha value is -2.70. The highest BCUT2D eigenvalue weighted by atomic mass is 19.1. The predicted octanol–water partition coefficient (Wildman–Crippen LogP) is 1.20. The molecule has 3 rings (SSSR count). The normalized spacial score (nSPS) is 16.4. The number of primary amides is 1. The number of fused-ring (bicyclic) bond motifs is 1. The number of nitrogens with one attached hydrogen (secondary N) is 2. The maximum Gasteiger partial charge on any atom is 0.257 e. The lowest BCUT2D eigenvalue weighted by Crippen LogP contribution is -2.56. The quantitative estimate of drug-likeness (QED) is 0.792. The number of aromatic amines is 1. The van der Waals surface area contributed by atoms with Crippen LogP contribution in [0.3, 0.4) is 0 Å². The second kappa shape index (κ2) is 5.49. The maximum absolute atomic E-state index is 13.3. The number of H-pyrrole nitrogens is 1. The highest BCUT2D eigenvalue weighted by molar-refractivity contribution is 6.00. The molecule has 1 fully saturated rings. The van der Waals surface area contributed by atoms with Crippen LogP contribution in [0.25, 0.3) is 10.9 Å². The number of halogens is 1. The summed E-state index contributed by atoms with van der Waals surface area (Å²) in [6.07, 6.45) is 3.73. The Labute approximate surface area is 130 Å². The van der Waals surface area contributed by atoms with Gasteiger partial charge in [-0.05, 0) is 31.0 Å². The fraction of sp³-hybridized carbons (Fsp3) is 0.312. The van der Waals surface area contributed by atoms with Crippen LogP contribution in [0.5, 0.6) is 0 Å². The van der Waals surface area contributed by atoms with E-state index in [1.807, 2.05) is 0 Å². The lowest BCUT2D eigenvalue weighted by atomic mass is 9.96. The number of hydrogen-bond acceptors (Lipinski definition) is 3. The molecule has 6 nitrogen and oxygen atoms in total. The fourth-order valence-corrected chi connectivity index (χ4v) is 3.06. The first-order chi connectivity index (χ1) is 10.9. The van der Waals surface area contributed by atoms with E-state index in [9.17, 15) is 18.8 Å². The van der Waals surface area contributed by atoms with Gasteiger partial charge in [0, 0.05) is 17.1 Å². The Morgan fingerprint density at radius 1 is 1.26 bits per heavy atom. The van der Waals surface area contributed by atoms with E-state index in [0.29, 0.717) is 18.4 Å². The summed E-state index contributed by atoms with van der Waals surface area (Å²) < 4.78 is 13.3. The second-order valence-electron chi connectivity index (χ2n) is 5.83. The largest absolute Gasteiger partial charge is 0.368 e. The van der Waals surface area contributed by atoms with Crippen molar-refractivity contribution in [3.05, 3.63) is 46.0 Å². The second-order valence-corrected chi connectivity index (χ2v) is 5.83. The molecule has 2 aromatic rings. The summed E-state index contributed by atoms with van der Waals surface area (Å²) in [7, 11) is 0. The zero-order valence-corrected chi connectivity index (χ0v) is 12.3. The maximum atomic E-state index is 13.3. The lowest BCUT2D eigenvalue weighted by Gasteiger charge is -2.26. The van der Waals surface area contributed by atoms with E-state index in [1.165, 1.54) is 18.3 Å². The number of carbonyl (C=O) groups excluding carboxylic acids is 2. The molecule has 4 N–H and O–H groups in total. The van der Waals surface area contributed by atoms with Crippen molar-refractivity contribution in [2.24, 2.45) is 5.73 Å². The summed E-state index contributed by atoms with van der Waals surface area (Å²) in [5, 5.41) is 2.68. The molecule has 0 bridgehead atoms. The molecule has 0 unspecified atom stereocenters. The first-order valence-corrected chi connectivity index (χ1v) is 7.36. The van der Waals surface area contributed by atoms with Gasteiger partial charge in [0.05, 0.1) is 0 Å². The van der Waals surface area contributed by atoms with Gasteiger partial charge in [-0.2, -0.15) is 0 Å². The molecule has 2 amide bonds. The van der Waals surface area contributed by atoms with Gasteiger partial charge >= 0.3 is 0 Å². The number of aromatic nitrogens is 1. The molecule has 1 aliphatic carbocycles. The first-order valence-electron chi connectivity index (χ1n) is 7.36. The molecular weight excluding hydrogens is 301 g/mol. The van der Waals surface area contributed by atoms with Crippen molar-refractivity contribution in [2.45, 2.75) is 31.2 Å². The Kier molecular flexibility index (Phi) is 3.63. The van der Waals surface area contributed by atoms with Gasteiger partial charge in [0.1, 0.15) is 16.9 Å². The zero-order valence-electron chi connectivity index (χ0n) is 12.3. The fourth-order valence-electron chi connectivity index (χ4n) is 3.06. The van der Waals surface area contributed by atoms with E-state index >= 15 is 0 Å². The molecular formula is C16H16FN3O3. The number of benzene rings is 1. The van der Waals surface area contributed by atoms with Gasteiger partial charge in [-0.3, -0.25) is 14.4 Å². The van der Waals surface area contributed by atoms with Crippen molar-refractivity contribution in [1.29, 1.82) is 0 Å². The van der Waals surface area contributed by atoms with Crippen molar-refractivity contribution in [3.63, 3.8) is 0 Å². The molecule has 1 saturated carbocycles. The molecule has 0 atom stereocenters. The van der Waals surface area contributed by atoms with Crippen LogP contribution in [0.1, 0.15) is 36.0 Å². The van der Waals surface area contributed by atoms with Crippen LogP contribution < -0.4 is 16.5 Å². The van der Waals surface area contributed by atoms with E-state index in [4.69, 9.17) is 5.73 Å². The minimum atomic E-state index is -1.11. The molecule has 23 heavy (non-hydrogen) atoms. The van der Waals surface area contributed by atoms with E-state index in [1.54, 1.807) is 0 Å². The number of nitrogens with two attached hydrogens (primary N) is 1. The number of rotatable bonds is 3. The van der Waals surface area contributed by atoms with Gasteiger partial charge in [0.25, 0.3) is 5.91 Å². The molecule has 0 aliphatic heterocycles. The summed E-state index contributed by atoms with van der Waals surface area (Å²) >= 11 is 0. The van der Waals surface area contributed by atoms with Crippen molar-refractivity contribution in [2.75, 3.05) is 0 Å². The third kappa shape index (κ3) is 2.58. The van der Waals surface area contributed by atoms with Crippen LogP contribution in [0.4, 0.5) is 4.39 Å². The number of pyridine rings is 1. The third-order valence-electron chi connectivity index (χ3n) is 4.37. The molecule has 1 aromatic heterocycles. The molecule has 1 aliphatic rings.